The summed E-state index contributed by atoms with van der Waals surface area (Å²) < 4.78 is 11.4. The Labute approximate surface area is 177 Å². The minimum absolute atomic E-state index is 0.0286. The fourth-order valence-corrected chi connectivity index (χ4v) is 4.00. The lowest BCUT2D eigenvalue weighted by molar-refractivity contribution is -0.141. The van der Waals surface area contributed by atoms with Crippen molar-refractivity contribution < 1.29 is 19.1 Å². The second kappa shape index (κ2) is 7.81. The topological polar surface area (TPSA) is 84.0 Å². The Balaban J connectivity index is 1.55. The minimum atomic E-state index is -0.593. The summed E-state index contributed by atoms with van der Waals surface area (Å²) in [6, 6.07) is 1.93. The summed E-state index contributed by atoms with van der Waals surface area (Å²) in [4.78, 5) is 33.5. The van der Waals surface area contributed by atoms with Gasteiger partial charge in [0, 0.05) is 25.1 Å². The molecule has 2 amide bonds. The van der Waals surface area contributed by atoms with Crippen molar-refractivity contribution in [3.63, 3.8) is 0 Å². The molecule has 0 aliphatic carbocycles. The summed E-state index contributed by atoms with van der Waals surface area (Å²) in [7, 11) is 0. The Hall–Kier alpha value is -2.77. The van der Waals surface area contributed by atoms with E-state index in [2.05, 4.69) is 18.3 Å². The highest BCUT2D eigenvalue weighted by Crippen LogP contribution is 2.32. The van der Waals surface area contributed by atoms with Crippen molar-refractivity contribution in [2.75, 3.05) is 31.6 Å². The summed E-state index contributed by atoms with van der Waals surface area (Å²) in [5.41, 5.74) is 3.44. The maximum absolute atomic E-state index is 12.9. The van der Waals surface area contributed by atoms with Gasteiger partial charge in [0.25, 0.3) is 0 Å². The zero-order valence-electron chi connectivity index (χ0n) is 18.2. The molecular weight excluding hydrogens is 384 g/mol. The largest absolute Gasteiger partial charge is 0.477 e. The van der Waals surface area contributed by atoms with Crippen molar-refractivity contribution in [3.05, 3.63) is 22.9 Å². The van der Waals surface area contributed by atoms with Gasteiger partial charge in [-0.3, -0.25) is 9.69 Å². The lowest BCUT2D eigenvalue weighted by Crippen LogP contribution is -2.58. The molecule has 1 aromatic heterocycles. The Morgan fingerprint density at radius 2 is 2.17 bits per heavy atom. The highest BCUT2D eigenvalue weighted by atomic mass is 16.6. The molecule has 3 aliphatic heterocycles. The molecular formula is C22H30N4O4. The van der Waals surface area contributed by atoms with Crippen LogP contribution in [0, 0.1) is 0 Å². The van der Waals surface area contributed by atoms with Gasteiger partial charge in [-0.25, -0.2) is 9.78 Å². The van der Waals surface area contributed by atoms with Crippen LogP contribution in [0.4, 0.5) is 10.5 Å². The third-order valence-corrected chi connectivity index (χ3v) is 5.59. The van der Waals surface area contributed by atoms with E-state index in [0.29, 0.717) is 32.0 Å². The van der Waals surface area contributed by atoms with Crippen LogP contribution in [0.2, 0.25) is 0 Å². The molecule has 162 valence electrons. The third-order valence-electron chi connectivity index (χ3n) is 5.59. The predicted molar refractivity (Wildman–Crippen MR) is 113 cm³/mol. The Morgan fingerprint density at radius 3 is 2.90 bits per heavy atom. The quantitative estimate of drug-likeness (QED) is 0.761. The molecule has 1 fully saturated rings. The van der Waals surface area contributed by atoms with Crippen LogP contribution in [-0.2, 0) is 16.1 Å². The second-order valence-electron chi connectivity index (χ2n) is 9.07. The number of ether oxygens (including phenoxy) is 2. The number of carbonyl (C=O) groups is 2. The monoisotopic (exact) mass is 414 g/mol. The molecule has 30 heavy (non-hydrogen) atoms. The molecule has 1 aromatic rings. The normalized spacial score (nSPS) is 21.1. The number of piperazine rings is 1. The van der Waals surface area contributed by atoms with Gasteiger partial charge >= 0.3 is 6.09 Å². The van der Waals surface area contributed by atoms with Gasteiger partial charge in [0.05, 0.1) is 30.6 Å². The van der Waals surface area contributed by atoms with E-state index in [1.165, 1.54) is 10.5 Å². The summed E-state index contributed by atoms with van der Waals surface area (Å²) in [6.45, 7) is 9.74. The van der Waals surface area contributed by atoms with Gasteiger partial charge in [0.2, 0.25) is 11.8 Å². The lowest BCUT2D eigenvalue weighted by atomic mass is 10.0. The highest BCUT2D eigenvalue weighted by Gasteiger charge is 2.38. The van der Waals surface area contributed by atoms with Gasteiger partial charge in [-0.05, 0) is 44.9 Å². The molecule has 0 spiro atoms. The van der Waals surface area contributed by atoms with Crippen LogP contribution in [0.15, 0.2) is 11.6 Å². The van der Waals surface area contributed by atoms with Crippen LogP contribution < -0.4 is 10.1 Å². The second-order valence-corrected chi connectivity index (χ2v) is 9.07. The van der Waals surface area contributed by atoms with E-state index in [1.807, 2.05) is 31.7 Å². The summed E-state index contributed by atoms with van der Waals surface area (Å²) in [6.07, 6.45) is 3.28. The zero-order chi connectivity index (χ0) is 21.5. The average molecular weight is 415 g/mol. The molecule has 8 heteroatoms. The van der Waals surface area contributed by atoms with E-state index in [9.17, 15) is 9.59 Å². The van der Waals surface area contributed by atoms with Crippen molar-refractivity contribution >= 4 is 23.8 Å². The molecule has 4 heterocycles. The molecule has 4 rings (SSSR count). The van der Waals surface area contributed by atoms with Gasteiger partial charge < -0.3 is 19.7 Å². The Kier molecular flexibility index (Phi) is 5.34. The summed E-state index contributed by atoms with van der Waals surface area (Å²) in [5.74, 6) is 0.508. The number of rotatable bonds is 1. The number of amides is 2. The van der Waals surface area contributed by atoms with Gasteiger partial charge in [0.1, 0.15) is 12.1 Å². The number of anilines is 1. The molecule has 8 nitrogen and oxygen atoms in total. The van der Waals surface area contributed by atoms with Gasteiger partial charge in [-0.2, -0.15) is 0 Å². The number of fused-ring (bicyclic) bond motifs is 3. The van der Waals surface area contributed by atoms with Gasteiger partial charge in [0.15, 0.2) is 0 Å². The van der Waals surface area contributed by atoms with Crippen LogP contribution in [-0.4, -0.2) is 64.7 Å². The van der Waals surface area contributed by atoms with E-state index in [-0.39, 0.29) is 18.5 Å². The first-order chi connectivity index (χ1) is 14.2. The lowest BCUT2D eigenvalue weighted by Gasteiger charge is -2.42. The van der Waals surface area contributed by atoms with E-state index >= 15 is 0 Å². The van der Waals surface area contributed by atoms with Crippen molar-refractivity contribution in [3.8, 4) is 5.88 Å². The number of pyridine rings is 1. The summed E-state index contributed by atoms with van der Waals surface area (Å²) in [5, 5.41) is 3.42. The molecule has 0 unspecified atom stereocenters. The SMILES string of the molecule is CCC1=Cc2nc3c(cc2NC1)CN1C(=O)CN(C(=O)OC(C)(C)C)C[C@H]1CCO3. The number of hydrogen-bond acceptors (Lipinski definition) is 6. The molecule has 0 saturated carbocycles. The zero-order valence-corrected chi connectivity index (χ0v) is 18.2. The van der Waals surface area contributed by atoms with Crippen LogP contribution >= 0.6 is 0 Å². The van der Waals surface area contributed by atoms with Crippen LogP contribution in [0.25, 0.3) is 6.08 Å². The van der Waals surface area contributed by atoms with Crippen molar-refractivity contribution in [2.24, 2.45) is 0 Å². The van der Waals surface area contributed by atoms with Gasteiger partial charge in [-0.1, -0.05) is 6.92 Å². The van der Waals surface area contributed by atoms with Gasteiger partial charge in [-0.15, -0.1) is 0 Å². The smallest absolute Gasteiger partial charge is 0.410 e. The van der Waals surface area contributed by atoms with E-state index < -0.39 is 11.7 Å². The van der Waals surface area contributed by atoms with Crippen LogP contribution in [0.3, 0.4) is 0 Å². The van der Waals surface area contributed by atoms with Crippen LogP contribution in [0.1, 0.15) is 51.8 Å². The fraction of sp³-hybridized carbons (Fsp3) is 0.591. The highest BCUT2D eigenvalue weighted by molar-refractivity contribution is 5.84. The predicted octanol–water partition coefficient (Wildman–Crippen LogP) is 3.03. The molecule has 0 aromatic carbocycles. The number of hydrogen-bond donors (Lipinski definition) is 1. The standard InChI is InChI=1S/C22H30N4O4/c1-5-14-8-18-17(23-10-14)9-15-11-26-16(6-7-29-20(15)24-18)12-25(13-19(26)27)21(28)30-22(2,3)4/h8-9,16,23H,5-7,10-13H2,1-4H3/t16-/m1/s1. The first-order valence-electron chi connectivity index (χ1n) is 10.6. The molecule has 0 bridgehead atoms. The minimum Gasteiger partial charge on any atom is -0.477 e. The fourth-order valence-electron chi connectivity index (χ4n) is 4.00. The Bertz CT molecular complexity index is 890. The van der Waals surface area contributed by atoms with E-state index in [0.717, 1.165) is 29.9 Å². The van der Waals surface area contributed by atoms with Crippen LogP contribution in [0.5, 0.6) is 5.88 Å². The number of carbonyl (C=O) groups excluding carboxylic acids is 2. The molecule has 1 saturated heterocycles. The number of nitrogens with one attached hydrogen (secondary N) is 1. The third kappa shape index (κ3) is 4.22. The first-order valence-corrected chi connectivity index (χ1v) is 10.6. The molecule has 1 N–H and O–H groups in total. The average Bonchev–Trinajstić information content (AvgIpc) is 2.66. The van der Waals surface area contributed by atoms with Crippen molar-refractivity contribution in [2.45, 2.75) is 58.7 Å². The van der Waals surface area contributed by atoms with E-state index in [4.69, 9.17) is 14.5 Å². The number of aromatic nitrogens is 1. The molecule has 0 radical (unpaired) electrons. The Morgan fingerprint density at radius 1 is 1.37 bits per heavy atom. The van der Waals surface area contributed by atoms with Crippen molar-refractivity contribution in [1.29, 1.82) is 0 Å². The molecule has 3 aliphatic rings. The maximum atomic E-state index is 12.9. The maximum Gasteiger partial charge on any atom is 0.410 e. The van der Waals surface area contributed by atoms with E-state index in [1.54, 1.807) is 0 Å². The first kappa shape index (κ1) is 20.5. The summed E-state index contributed by atoms with van der Waals surface area (Å²) >= 11 is 0. The number of nitrogens with zero attached hydrogens (tertiary/aromatic N) is 3. The van der Waals surface area contributed by atoms with Crippen molar-refractivity contribution in [1.82, 2.24) is 14.8 Å². The molecule has 1 atom stereocenters.